The number of aromatic carboxylic acids is 1. The number of anilines is 2. The molecule has 0 bridgehead atoms. The number of aromatic nitrogens is 1. The Balaban J connectivity index is 2.41. The molecule has 0 radical (unpaired) electrons. The molecule has 0 amide bonds. The molecule has 2 unspecified atom stereocenters. The van der Waals surface area contributed by atoms with E-state index in [1.165, 1.54) is 12.3 Å². The fourth-order valence-electron chi connectivity index (χ4n) is 2.45. The van der Waals surface area contributed by atoms with Gasteiger partial charge in [0.15, 0.2) is 0 Å². The number of rotatable bonds is 3. The zero-order valence-electron chi connectivity index (χ0n) is 10.2. The maximum atomic E-state index is 11.2. The standard InChI is InChI=1S/C12H17N3O3/c1-7-2-3-15(10(7)6-16)9-5-14-11(13)4-8(9)12(17)18/h4-5,7,10,16H,2-3,6H2,1H3,(H2,13,14)(H,17,18). The van der Waals surface area contributed by atoms with Crippen LogP contribution in [0.2, 0.25) is 0 Å². The summed E-state index contributed by atoms with van der Waals surface area (Å²) in [7, 11) is 0. The first kappa shape index (κ1) is 12.6. The molecule has 1 aromatic rings. The van der Waals surface area contributed by atoms with Crippen LogP contribution in [0, 0.1) is 5.92 Å². The van der Waals surface area contributed by atoms with Crippen LogP contribution in [0.3, 0.4) is 0 Å². The van der Waals surface area contributed by atoms with Gasteiger partial charge in [0, 0.05) is 6.54 Å². The van der Waals surface area contributed by atoms with Crippen LogP contribution in [-0.4, -0.2) is 40.4 Å². The van der Waals surface area contributed by atoms with Gasteiger partial charge < -0.3 is 20.8 Å². The molecule has 6 heteroatoms. The van der Waals surface area contributed by atoms with Gasteiger partial charge in [0.1, 0.15) is 5.82 Å². The number of aliphatic hydroxyl groups is 1. The van der Waals surface area contributed by atoms with Crippen LogP contribution < -0.4 is 10.6 Å². The number of pyridine rings is 1. The lowest BCUT2D eigenvalue weighted by Crippen LogP contribution is -2.36. The van der Waals surface area contributed by atoms with Crippen LogP contribution in [0.4, 0.5) is 11.5 Å². The summed E-state index contributed by atoms with van der Waals surface area (Å²) in [6.07, 6.45) is 2.40. The number of nitrogens with two attached hydrogens (primary N) is 1. The fourth-order valence-corrected chi connectivity index (χ4v) is 2.45. The maximum absolute atomic E-state index is 11.2. The van der Waals surface area contributed by atoms with Crippen molar-refractivity contribution in [2.75, 3.05) is 23.8 Å². The average Bonchev–Trinajstić information content (AvgIpc) is 2.70. The monoisotopic (exact) mass is 251 g/mol. The van der Waals surface area contributed by atoms with Crippen molar-refractivity contribution < 1.29 is 15.0 Å². The Kier molecular flexibility index (Phi) is 3.38. The molecular weight excluding hydrogens is 234 g/mol. The third kappa shape index (κ3) is 2.11. The van der Waals surface area contributed by atoms with Crippen molar-refractivity contribution in [2.45, 2.75) is 19.4 Å². The fraction of sp³-hybridized carbons (Fsp3) is 0.500. The molecule has 0 aliphatic carbocycles. The highest BCUT2D eigenvalue weighted by Crippen LogP contribution is 2.31. The number of hydrogen-bond acceptors (Lipinski definition) is 5. The summed E-state index contributed by atoms with van der Waals surface area (Å²) in [6.45, 7) is 2.77. The molecule has 1 aliphatic heterocycles. The zero-order chi connectivity index (χ0) is 13.3. The first-order valence-electron chi connectivity index (χ1n) is 5.91. The zero-order valence-corrected chi connectivity index (χ0v) is 10.2. The molecule has 1 saturated heterocycles. The Labute approximate surface area is 105 Å². The smallest absolute Gasteiger partial charge is 0.338 e. The Hall–Kier alpha value is -1.82. The van der Waals surface area contributed by atoms with E-state index in [-0.39, 0.29) is 24.0 Å². The Morgan fingerprint density at radius 3 is 3.00 bits per heavy atom. The lowest BCUT2D eigenvalue weighted by atomic mass is 10.0. The minimum Gasteiger partial charge on any atom is -0.478 e. The third-order valence-electron chi connectivity index (χ3n) is 3.51. The summed E-state index contributed by atoms with van der Waals surface area (Å²) >= 11 is 0. The number of hydrogen-bond donors (Lipinski definition) is 3. The molecule has 98 valence electrons. The Bertz CT molecular complexity index is 464. The second-order valence-corrected chi connectivity index (χ2v) is 4.64. The molecule has 6 nitrogen and oxygen atoms in total. The van der Waals surface area contributed by atoms with Gasteiger partial charge in [-0.05, 0) is 18.4 Å². The van der Waals surface area contributed by atoms with E-state index in [4.69, 9.17) is 5.73 Å². The molecule has 4 N–H and O–H groups in total. The molecule has 2 rings (SSSR count). The maximum Gasteiger partial charge on any atom is 0.338 e. The summed E-state index contributed by atoms with van der Waals surface area (Å²) in [6, 6.07) is 1.29. The second-order valence-electron chi connectivity index (χ2n) is 4.64. The summed E-state index contributed by atoms with van der Waals surface area (Å²) in [5, 5.41) is 18.6. The highest BCUT2D eigenvalue weighted by Gasteiger charge is 2.32. The Morgan fingerprint density at radius 1 is 1.67 bits per heavy atom. The molecule has 0 aromatic carbocycles. The van der Waals surface area contributed by atoms with Gasteiger partial charge in [-0.1, -0.05) is 6.92 Å². The number of carboxylic acid groups (broad SMARTS) is 1. The van der Waals surface area contributed by atoms with Crippen LogP contribution in [0.1, 0.15) is 23.7 Å². The molecule has 1 aliphatic rings. The van der Waals surface area contributed by atoms with Gasteiger partial charge in [-0.15, -0.1) is 0 Å². The lowest BCUT2D eigenvalue weighted by Gasteiger charge is -2.28. The SMILES string of the molecule is CC1CCN(c2cnc(N)cc2C(=O)O)C1CO. The number of aliphatic hydroxyl groups excluding tert-OH is 1. The summed E-state index contributed by atoms with van der Waals surface area (Å²) < 4.78 is 0. The highest BCUT2D eigenvalue weighted by atomic mass is 16.4. The minimum atomic E-state index is -1.03. The van der Waals surface area contributed by atoms with Crippen molar-refractivity contribution in [2.24, 2.45) is 5.92 Å². The van der Waals surface area contributed by atoms with Crippen molar-refractivity contribution >= 4 is 17.5 Å². The van der Waals surface area contributed by atoms with E-state index >= 15 is 0 Å². The minimum absolute atomic E-state index is 0.00457. The van der Waals surface area contributed by atoms with E-state index in [1.807, 2.05) is 11.8 Å². The topological polar surface area (TPSA) is 99.7 Å². The van der Waals surface area contributed by atoms with Crippen molar-refractivity contribution in [1.29, 1.82) is 0 Å². The molecule has 1 aromatic heterocycles. The van der Waals surface area contributed by atoms with Crippen LogP contribution in [-0.2, 0) is 0 Å². The van der Waals surface area contributed by atoms with Crippen LogP contribution in [0.5, 0.6) is 0 Å². The van der Waals surface area contributed by atoms with Crippen LogP contribution >= 0.6 is 0 Å². The molecule has 2 atom stereocenters. The number of nitrogen functional groups attached to an aromatic ring is 1. The third-order valence-corrected chi connectivity index (χ3v) is 3.51. The normalized spacial score (nSPS) is 23.3. The van der Waals surface area contributed by atoms with Gasteiger partial charge in [-0.3, -0.25) is 0 Å². The Morgan fingerprint density at radius 2 is 2.39 bits per heavy atom. The summed E-state index contributed by atoms with van der Waals surface area (Å²) in [5.74, 6) is -0.520. The van der Waals surface area contributed by atoms with Crippen molar-refractivity contribution in [3.05, 3.63) is 17.8 Å². The van der Waals surface area contributed by atoms with E-state index in [2.05, 4.69) is 4.98 Å². The molecular formula is C12H17N3O3. The van der Waals surface area contributed by atoms with E-state index in [0.717, 1.165) is 13.0 Å². The molecule has 18 heavy (non-hydrogen) atoms. The van der Waals surface area contributed by atoms with Crippen molar-refractivity contribution in [3.8, 4) is 0 Å². The predicted molar refractivity (Wildman–Crippen MR) is 67.6 cm³/mol. The number of carbonyl (C=O) groups is 1. The highest BCUT2D eigenvalue weighted by molar-refractivity contribution is 5.95. The van der Waals surface area contributed by atoms with Crippen LogP contribution in [0.15, 0.2) is 12.3 Å². The molecule has 0 saturated carbocycles. The molecule has 2 heterocycles. The first-order valence-corrected chi connectivity index (χ1v) is 5.91. The van der Waals surface area contributed by atoms with Gasteiger partial charge in [-0.25, -0.2) is 9.78 Å². The van der Waals surface area contributed by atoms with Crippen molar-refractivity contribution in [1.82, 2.24) is 4.98 Å². The van der Waals surface area contributed by atoms with E-state index in [0.29, 0.717) is 11.6 Å². The number of carboxylic acids is 1. The van der Waals surface area contributed by atoms with Gasteiger partial charge in [-0.2, -0.15) is 0 Å². The predicted octanol–water partition coefficient (Wildman–Crippen LogP) is 0.569. The largest absolute Gasteiger partial charge is 0.478 e. The second kappa shape index (κ2) is 4.81. The molecule has 1 fully saturated rings. The van der Waals surface area contributed by atoms with E-state index in [9.17, 15) is 15.0 Å². The van der Waals surface area contributed by atoms with Crippen molar-refractivity contribution in [3.63, 3.8) is 0 Å². The quantitative estimate of drug-likeness (QED) is 0.726. The number of nitrogens with zero attached hydrogens (tertiary/aromatic N) is 2. The summed E-state index contributed by atoms with van der Waals surface area (Å²) in [4.78, 5) is 17.1. The van der Waals surface area contributed by atoms with Gasteiger partial charge >= 0.3 is 5.97 Å². The lowest BCUT2D eigenvalue weighted by molar-refractivity contribution is 0.0697. The van der Waals surface area contributed by atoms with Gasteiger partial charge in [0.05, 0.1) is 30.1 Å². The van der Waals surface area contributed by atoms with E-state index < -0.39 is 5.97 Å². The van der Waals surface area contributed by atoms with Crippen LogP contribution in [0.25, 0.3) is 0 Å². The van der Waals surface area contributed by atoms with Gasteiger partial charge in [0.25, 0.3) is 0 Å². The average molecular weight is 251 g/mol. The molecule has 0 spiro atoms. The van der Waals surface area contributed by atoms with E-state index in [1.54, 1.807) is 0 Å². The van der Waals surface area contributed by atoms with Gasteiger partial charge in [0.2, 0.25) is 0 Å². The summed E-state index contributed by atoms with van der Waals surface area (Å²) in [5.41, 5.74) is 6.18. The first-order chi connectivity index (χ1) is 8.54.